The summed E-state index contributed by atoms with van der Waals surface area (Å²) in [5.74, 6) is 0.930. The third-order valence-corrected chi connectivity index (χ3v) is 6.57. The van der Waals surface area contributed by atoms with E-state index >= 15 is 0 Å². The third kappa shape index (κ3) is 3.95. The minimum atomic E-state index is 0.229. The van der Waals surface area contributed by atoms with E-state index in [1.807, 2.05) is 11.0 Å². The molecule has 1 amide bonds. The first kappa shape index (κ1) is 16.9. The topological polar surface area (TPSA) is 32.8 Å². The van der Waals surface area contributed by atoms with E-state index in [2.05, 4.69) is 24.8 Å². The van der Waals surface area contributed by atoms with E-state index in [0.29, 0.717) is 12.0 Å². The number of rotatable bonds is 4. The second kappa shape index (κ2) is 7.77. The van der Waals surface area contributed by atoms with Gasteiger partial charge >= 0.3 is 0 Å². The van der Waals surface area contributed by atoms with Crippen LogP contribution in [-0.2, 0) is 11.2 Å². The maximum atomic E-state index is 12.6. The molecule has 0 unspecified atom stereocenters. The Morgan fingerprint density at radius 2 is 1.96 bits per heavy atom. The Kier molecular flexibility index (Phi) is 5.72. The zero-order chi connectivity index (χ0) is 16.2. The van der Waals surface area contributed by atoms with Crippen LogP contribution in [0, 0.1) is 5.92 Å². The van der Waals surface area contributed by atoms with Gasteiger partial charge in [0.15, 0.2) is 0 Å². The Bertz CT molecular complexity index is 517. The molecule has 1 aromatic rings. The van der Waals surface area contributed by atoms with Crippen LogP contribution in [0.15, 0.2) is 12.1 Å². The largest absolute Gasteiger partial charge is 0.379 e. The van der Waals surface area contributed by atoms with E-state index in [4.69, 9.17) is 4.74 Å². The zero-order valence-corrected chi connectivity index (χ0v) is 15.1. The molecule has 2 saturated heterocycles. The Morgan fingerprint density at radius 3 is 2.57 bits per heavy atom. The molecule has 3 heterocycles. The molecule has 4 nitrogen and oxygen atoms in total. The van der Waals surface area contributed by atoms with Crippen LogP contribution in [-0.4, -0.2) is 61.1 Å². The summed E-state index contributed by atoms with van der Waals surface area (Å²) >= 11 is 1.65. The maximum absolute atomic E-state index is 12.6. The average molecular weight is 337 g/mol. The summed E-state index contributed by atoms with van der Waals surface area (Å²) in [6.07, 6.45) is 3.25. The first-order valence-electron chi connectivity index (χ1n) is 8.88. The smallest absolute Gasteiger partial charge is 0.263 e. The molecule has 1 atom stereocenters. The molecule has 0 bridgehead atoms. The Hall–Kier alpha value is -0.910. The summed E-state index contributed by atoms with van der Waals surface area (Å²) < 4.78 is 5.45. The molecule has 1 aromatic heterocycles. The van der Waals surface area contributed by atoms with Crippen molar-refractivity contribution >= 4 is 17.2 Å². The number of aryl methyl sites for hydroxylation is 1. The number of morpholine rings is 1. The summed E-state index contributed by atoms with van der Waals surface area (Å²) in [6.45, 7) is 10.1. The van der Waals surface area contributed by atoms with E-state index < -0.39 is 0 Å². The lowest BCUT2D eigenvalue weighted by atomic mass is 9.89. The quantitative estimate of drug-likeness (QED) is 0.847. The molecule has 5 heteroatoms. The zero-order valence-electron chi connectivity index (χ0n) is 14.3. The number of piperidine rings is 1. The molecule has 0 saturated carbocycles. The van der Waals surface area contributed by atoms with Crippen molar-refractivity contribution in [3.05, 3.63) is 21.9 Å². The predicted molar refractivity (Wildman–Crippen MR) is 94.2 cm³/mol. The van der Waals surface area contributed by atoms with Crippen LogP contribution in [0.3, 0.4) is 0 Å². The molecule has 2 aliphatic rings. The molecule has 0 radical (unpaired) electrons. The standard InChI is InChI=1S/C18H28N2O2S/c1-3-16-4-5-17(23-16)18(21)20-8-6-15(7-9-20)14(2)19-10-12-22-13-11-19/h4-5,14-15H,3,6-13H2,1-2H3/t14-/m0/s1. The normalized spacial score (nSPS) is 22.3. The molecule has 23 heavy (non-hydrogen) atoms. The van der Waals surface area contributed by atoms with Gasteiger partial charge in [-0.05, 0) is 44.2 Å². The van der Waals surface area contributed by atoms with Crippen molar-refractivity contribution < 1.29 is 9.53 Å². The number of hydrogen-bond donors (Lipinski definition) is 0. The van der Waals surface area contributed by atoms with Crippen LogP contribution >= 0.6 is 11.3 Å². The van der Waals surface area contributed by atoms with E-state index in [9.17, 15) is 4.79 Å². The van der Waals surface area contributed by atoms with Crippen LogP contribution in [0.2, 0.25) is 0 Å². The fourth-order valence-electron chi connectivity index (χ4n) is 3.71. The van der Waals surface area contributed by atoms with Crippen molar-refractivity contribution in [2.24, 2.45) is 5.92 Å². The second-order valence-corrected chi connectivity index (χ2v) is 7.81. The van der Waals surface area contributed by atoms with E-state index in [1.54, 1.807) is 11.3 Å². The van der Waals surface area contributed by atoms with E-state index in [1.165, 1.54) is 4.88 Å². The lowest BCUT2D eigenvalue weighted by Crippen LogP contribution is -2.49. The van der Waals surface area contributed by atoms with Crippen LogP contribution in [0.25, 0.3) is 0 Å². The molecule has 0 aliphatic carbocycles. The van der Waals surface area contributed by atoms with E-state index in [0.717, 1.165) is 63.5 Å². The highest BCUT2D eigenvalue weighted by Crippen LogP contribution is 2.27. The van der Waals surface area contributed by atoms with Crippen molar-refractivity contribution in [2.75, 3.05) is 39.4 Å². The van der Waals surface area contributed by atoms with Gasteiger partial charge in [0.05, 0.1) is 18.1 Å². The molecule has 0 spiro atoms. The van der Waals surface area contributed by atoms with Gasteiger partial charge in [-0.1, -0.05) is 6.92 Å². The molecule has 2 aliphatic heterocycles. The van der Waals surface area contributed by atoms with Gasteiger partial charge in [0.2, 0.25) is 0 Å². The van der Waals surface area contributed by atoms with Crippen LogP contribution < -0.4 is 0 Å². The van der Waals surface area contributed by atoms with Crippen LogP contribution in [0.1, 0.15) is 41.2 Å². The summed E-state index contributed by atoms with van der Waals surface area (Å²) in [6, 6.07) is 4.68. The SMILES string of the molecule is CCc1ccc(C(=O)N2CCC([C@H](C)N3CCOCC3)CC2)s1. The molecule has 2 fully saturated rings. The number of hydrogen-bond acceptors (Lipinski definition) is 4. The summed E-state index contributed by atoms with van der Waals surface area (Å²) in [4.78, 5) is 19.4. The Labute approximate surface area is 143 Å². The fourth-order valence-corrected chi connectivity index (χ4v) is 4.62. The van der Waals surface area contributed by atoms with Gasteiger partial charge in [-0.25, -0.2) is 0 Å². The van der Waals surface area contributed by atoms with Crippen molar-refractivity contribution in [3.8, 4) is 0 Å². The summed E-state index contributed by atoms with van der Waals surface area (Å²) in [7, 11) is 0. The summed E-state index contributed by atoms with van der Waals surface area (Å²) in [5, 5.41) is 0. The lowest BCUT2D eigenvalue weighted by Gasteiger charge is -2.40. The first-order chi connectivity index (χ1) is 11.2. The average Bonchev–Trinajstić information content (AvgIpc) is 3.10. The molecular weight excluding hydrogens is 308 g/mol. The number of thiophene rings is 1. The van der Waals surface area contributed by atoms with Crippen molar-refractivity contribution in [1.29, 1.82) is 0 Å². The molecule has 128 valence electrons. The van der Waals surface area contributed by atoms with Crippen molar-refractivity contribution in [1.82, 2.24) is 9.80 Å². The minimum Gasteiger partial charge on any atom is -0.379 e. The van der Waals surface area contributed by atoms with Gasteiger partial charge in [-0.15, -0.1) is 11.3 Å². The van der Waals surface area contributed by atoms with Gasteiger partial charge in [-0.3, -0.25) is 9.69 Å². The number of amides is 1. The van der Waals surface area contributed by atoms with Gasteiger partial charge in [0, 0.05) is 37.1 Å². The number of ether oxygens (including phenoxy) is 1. The number of likely N-dealkylation sites (tertiary alicyclic amines) is 1. The molecular formula is C18H28N2O2S. The van der Waals surface area contributed by atoms with Gasteiger partial charge < -0.3 is 9.64 Å². The second-order valence-electron chi connectivity index (χ2n) is 6.64. The monoisotopic (exact) mass is 336 g/mol. The fraction of sp³-hybridized carbons (Fsp3) is 0.722. The first-order valence-corrected chi connectivity index (χ1v) is 9.70. The van der Waals surface area contributed by atoms with Crippen molar-refractivity contribution in [2.45, 2.75) is 39.2 Å². The van der Waals surface area contributed by atoms with Gasteiger partial charge in [-0.2, -0.15) is 0 Å². The number of carbonyl (C=O) groups excluding carboxylic acids is 1. The summed E-state index contributed by atoms with van der Waals surface area (Å²) in [5.41, 5.74) is 0. The highest BCUT2D eigenvalue weighted by Gasteiger charge is 2.30. The van der Waals surface area contributed by atoms with Crippen LogP contribution in [0.5, 0.6) is 0 Å². The predicted octanol–water partition coefficient (Wildman–Crippen LogP) is 2.88. The highest BCUT2D eigenvalue weighted by atomic mass is 32.1. The molecule has 0 N–H and O–H groups in total. The van der Waals surface area contributed by atoms with E-state index in [-0.39, 0.29) is 5.91 Å². The number of nitrogens with zero attached hydrogens (tertiary/aromatic N) is 2. The lowest BCUT2D eigenvalue weighted by molar-refractivity contribution is -0.000920. The third-order valence-electron chi connectivity index (χ3n) is 5.35. The molecule has 3 rings (SSSR count). The maximum Gasteiger partial charge on any atom is 0.263 e. The van der Waals surface area contributed by atoms with Crippen molar-refractivity contribution in [3.63, 3.8) is 0 Å². The Morgan fingerprint density at radius 1 is 1.26 bits per heavy atom. The minimum absolute atomic E-state index is 0.229. The van der Waals surface area contributed by atoms with Gasteiger partial charge in [0.1, 0.15) is 0 Å². The number of carbonyl (C=O) groups is 1. The molecule has 0 aromatic carbocycles. The Balaban J connectivity index is 1.52. The van der Waals surface area contributed by atoms with Gasteiger partial charge in [0.25, 0.3) is 5.91 Å². The highest BCUT2D eigenvalue weighted by molar-refractivity contribution is 7.14. The van der Waals surface area contributed by atoms with Crippen LogP contribution in [0.4, 0.5) is 0 Å².